The van der Waals surface area contributed by atoms with Crippen LogP contribution in [0.25, 0.3) is 0 Å². The summed E-state index contributed by atoms with van der Waals surface area (Å²) in [5.41, 5.74) is 1.14. The van der Waals surface area contributed by atoms with Gasteiger partial charge in [-0.15, -0.1) is 10.2 Å². The van der Waals surface area contributed by atoms with Crippen molar-refractivity contribution in [3.63, 3.8) is 0 Å². The quantitative estimate of drug-likeness (QED) is 0.914. The Labute approximate surface area is 141 Å². The monoisotopic (exact) mass is 329 g/mol. The topological polar surface area (TPSA) is 72.3 Å². The van der Waals surface area contributed by atoms with Crippen molar-refractivity contribution in [1.29, 1.82) is 0 Å². The molecule has 1 aromatic carbocycles. The highest BCUT2D eigenvalue weighted by Crippen LogP contribution is 2.32. The maximum Gasteiger partial charge on any atom is 0.318 e. The lowest BCUT2D eigenvalue weighted by Crippen LogP contribution is -2.39. The van der Waals surface area contributed by atoms with Gasteiger partial charge < -0.3 is 19.5 Å². The average Bonchev–Trinajstić information content (AvgIpc) is 3.28. The zero-order valence-electron chi connectivity index (χ0n) is 14.1. The predicted octanol–water partition coefficient (Wildman–Crippen LogP) is 2.35. The van der Waals surface area contributed by atoms with Gasteiger partial charge in [-0.2, -0.15) is 0 Å². The lowest BCUT2D eigenvalue weighted by atomic mass is 10.0. The van der Waals surface area contributed by atoms with Gasteiger partial charge in [0.2, 0.25) is 0 Å². The lowest BCUT2D eigenvalue weighted by molar-refractivity contribution is 0.192. The van der Waals surface area contributed by atoms with Crippen LogP contribution in [0.5, 0.6) is 5.75 Å². The second kappa shape index (κ2) is 7.33. The number of methoxy groups -OCH3 is 1. The second-order valence-corrected chi connectivity index (χ2v) is 5.82. The number of urea groups is 1. The summed E-state index contributed by atoms with van der Waals surface area (Å²) < 4.78 is 7.12. The molecule has 1 saturated heterocycles. The molecule has 7 heteroatoms. The van der Waals surface area contributed by atoms with Crippen molar-refractivity contribution >= 4 is 6.03 Å². The molecular formula is C17H23N5O2. The Balaban J connectivity index is 1.64. The van der Waals surface area contributed by atoms with Crippen molar-refractivity contribution in [1.82, 2.24) is 25.0 Å². The van der Waals surface area contributed by atoms with Crippen molar-refractivity contribution < 1.29 is 9.53 Å². The van der Waals surface area contributed by atoms with Gasteiger partial charge in [-0.1, -0.05) is 12.1 Å². The molecule has 1 aliphatic heterocycles. The van der Waals surface area contributed by atoms with Gasteiger partial charge in [0.25, 0.3) is 0 Å². The Morgan fingerprint density at radius 2 is 2.17 bits per heavy atom. The zero-order valence-corrected chi connectivity index (χ0v) is 14.1. The van der Waals surface area contributed by atoms with Crippen LogP contribution in [0.15, 0.2) is 30.6 Å². The van der Waals surface area contributed by atoms with Gasteiger partial charge in [0.05, 0.1) is 19.7 Å². The first-order valence-corrected chi connectivity index (χ1v) is 8.28. The highest BCUT2D eigenvalue weighted by atomic mass is 16.5. The summed E-state index contributed by atoms with van der Waals surface area (Å²) in [4.78, 5) is 14.5. The van der Waals surface area contributed by atoms with Gasteiger partial charge in [0, 0.05) is 13.1 Å². The first-order chi connectivity index (χ1) is 11.7. The molecule has 1 aliphatic rings. The number of carbonyl (C=O) groups excluding carboxylic acids is 1. The maximum atomic E-state index is 12.6. The minimum absolute atomic E-state index is 0.0565. The minimum Gasteiger partial charge on any atom is -0.497 e. The summed E-state index contributed by atoms with van der Waals surface area (Å²) in [6.45, 7) is 3.97. The van der Waals surface area contributed by atoms with Crippen LogP contribution >= 0.6 is 0 Å². The Hall–Kier alpha value is -2.57. The van der Waals surface area contributed by atoms with E-state index in [1.165, 1.54) is 0 Å². The first-order valence-electron chi connectivity index (χ1n) is 8.28. The second-order valence-electron chi connectivity index (χ2n) is 5.82. The van der Waals surface area contributed by atoms with Crippen molar-refractivity contribution in [2.75, 3.05) is 13.7 Å². The molecule has 2 amide bonds. The number of ether oxygens (including phenoxy) is 1. The van der Waals surface area contributed by atoms with Crippen LogP contribution in [0.1, 0.15) is 37.2 Å². The summed E-state index contributed by atoms with van der Waals surface area (Å²) in [5.74, 6) is 1.60. The molecule has 2 heterocycles. The highest BCUT2D eigenvalue weighted by molar-refractivity contribution is 5.75. The number of likely N-dealkylation sites (tertiary alicyclic amines) is 1. The third-order valence-electron chi connectivity index (χ3n) is 4.45. The summed E-state index contributed by atoms with van der Waals surface area (Å²) in [7, 11) is 1.65. The third kappa shape index (κ3) is 3.34. The first kappa shape index (κ1) is 16.3. The Kier molecular flexibility index (Phi) is 4.98. The van der Waals surface area contributed by atoms with Gasteiger partial charge in [-0.3, -0.25) is 0 Å². The molecule has 0 radical (unpaired) electrons. The van der Waals surface area contributed by atoms with E-state index < -0.39 is 0 Å². The van der Waals surface area contributed by atoms with E-state index in [-0.39, 0.29) is 12.1 Å². The number of carbonyl (C=O) groups is 1. The Morgan fingerprint density at radius 3 is 2.88 bits per heavy atom. The van der Waals surface area contributed by atoms with E-state index in [2.05, 4.69) is 15.5 Å². The van der Waals surface area contributed by atoms with Crippen LogP contribution in [-0.4, -0.2) is 39.4 Å². The normalized spacial score (nSPS) is 17.1. The fraction of sp³-hybridized carbons (Fsp3) is 0.471. The summed E-state index contributed by atoms with van der Waals surface area (Å²) in [6.07, 6.45) is 3.66. The Bertz CT molecular complexity index is 683. The van der Waals surface area contributed by atoms with E-state index in [9.17, 15) is 4.79 Å². The molecule has 1 fully saturated rings. The molecule has 0 spiro atoms. The van der Waals surface area contributed by atoms with Gasteiger partial charge in [0.1, 0.15) is 12.1 Å². The fourth-order valence-electron chi connectivity index (χ4n) is 3.12. The van der Waals surface area contributed by atoms with Crippen molar-refractivity contribution in [2.45, 2.75) is 38.9 Å². The van der Waals surface area contributed by atoms with Crippen molar-refractivity contribution in [3.8, 4) is 5.75 Å². The fourth-order valence-corrected chi connectivity index (χ4v) is 3.12. The zero-order chi connectivity index (χ0) is 16.9. The van der Waals surface area contributed by atoms with Crippen LogP contribution < -0.4 is 10.1 Å². The van der Waals surface area contributed by atoms with Gasteiger partial charge >= 0.3 is 6.03 Å². The van der Waals surface area contributed by atoms with Crippen molar-refractivity contribution in [2.24, 2.45) is 0 Å². The molecule has 1 aromatic heterocycles. The number of nitrogens with one attached hydrogen (secondary N) is 1. The largest absolute Gasteiger partial charge is 0.497 e. The predicted molar refractivity (Wildman–Crippen MR) is 89.6 cm³/mol. The minimum atomic E-state index is -0.0565. The van der Waals surface area contributed by atoms with E-state index in [1.807, 2.05) is 40.7 Å². The van der Waals surface area contributed by atoms with E-state index in [4.69, 9.17) is 4.74 Å². The number of nitrogens with zero attached hydrogens (tertiary/aromatic N) is 4. The molecule has 0 saturated carbocycles. The van der Waals surface area contributed by atoms with Crippen LogP contribution in [0, 0.1) is 0 Å². The maximum absolute atomic E-state index is 12.6. The third-order valence-corrected chi connectivity index (χ3v) is 4.45. The summed E-state index contributed by atoms with van der Waals surface area (Å²) in [5, 5.41) is 10.9. The smallest absolute Gasteiger partial charge is 0.318 e. The molecular weight excluding hydrogens is 306 g/mol. The molecule has 0 bridgehead atoms. The molecule has 128 valence electrons. The average molecular weight is 329 g/mol. The number of rotatable bonds is 5. The molecule has 3 rings (SSSR count). The lowest BCUT2D eigenvalue weighted by Gasteiger charge is -2.25. The van der Waals surface area contributed by atoms with E-state index in [1.54, 1.807) is 13.4 Å². The van der Waals surface area contributed by atoms with Crippen LogP contribution in [0.3, 0.4) is 0 Å². The summed E-state index contributed by atoms with van der Waals surface area (Å²) >= 11 is 0. The molecule has 1 N–H and O–H groups in total. The molecule has 0 unspecified atom stereocenters. The van der Waals surface area contributed by atoms with Gasteiger partial charge in [-0.25, -0.2) is 4.79 Å². The number of aromatic nitrogens is 3. The van der Waals surface area contributed by atoms with Crippen LogP contribution in [0.4, 0.5) is 4.79 Å². The van der Waals surface area contributed by atoms with E-state index in [0.29, 0.717) is 6.54 Å². The molecule has 2 aromatic rings. The molecule has 0 aliphatic carbocycles. The SMILES string of the molecule is CCn1cnnc1CNC(=O)N1CCC[C@@H]1c1ccc(OC)cc1. The molecule has 24 heavy (non-hydrogen) atoms. The number of hydrogen-bond donors (Lipinski definition) is 1. The summed E-state index contributed by atoms with van der Waals surface area (Å²) in [6, 6.07) is 7.99. The van der Waals surface area contributed by atoms with E-state index >= 15 is 0 Å². The number of aryl methyl sites for hydroxylation is 1. The van der Waals surface area contributed by atoms with Crippen LogP contribution in [-0.2, 0) is 13.1 Å². The highest BCUT2D eigenvalue weighted by Gasteiger charge is 2.29. The number of benzene rings is 1. The van der Waals surface area contributed by atoms with Crippen molar-refractivity contribution in [3.05, 3.63) is 42.0 Å². The molecule has 1 atom stereocenters. The van der Waals surface area contributed by atoms with E-state index in [0.717, 1.165) is 43.1 Å². The van der Waals surface area contributed by atoms with Crippen LogP contribution in [0.2, 0.25) is 0 Å². The Morgan fingerprint density at radius 1 is 1.38 bits per heavy atom. The number of amides is 2. The van der Waals surface area contributed by atoms with Gasteiger partial charge in [-0.05, 0) is 37.5 Å². The van der Waals surface area contributed by atoms with Gasteiger partial charge in [0.15, 0.2) is 5.82 Å². The number of hydrogen-bond acceptors (Lipinski definition) is 4. The molecule has 7 nitrogen and oxygen atoms in total. The standard InChI is InChI=1S/C17H23N5O2/c1-3-21-12-19-20-16(21)11-18-17(23)22-10-4-5-15(22)13-6-8-14(24-2)9-7-13/h6-9,12,15H,3-5,10-11H2,1-2H3,(H,18,23)/t15-/m1/s1.